The van der Waals surface area contributed by atoms with E-state index in [9.17, 15) is 14.7 Å². The van der Waals surface area contributed by atoms with Crippen molar-refractivity contribution in [2.75, 3.05) is 0 Å². The molecule has 0 aliphatic carbocycles. The fraction of sp³-hybridized carbons (Fsp3) is 0.0357. The van der Waals surface area contributed by atoms with Crippen molar-refractivity contribution in [3.8, 4) is 17.2 Å². The number of hydrogen-bond donors (Lipinski definition) is 3. The number of amides is 1. The van der Waals surface area contributed by atoms with E-state index in [1.54, 1.807) is 54.9 Å². The summed E-state index contributed by atoms with van der Waals surface area (Å²) in [7, 11) is 0. The van der Waals surface area contributed by atoms with E-state index in [1.807, 2.05) is 19.1 Å². The number of nitrogens with zero attached hydrogens (tertiary/aromatic N) is 3. The zero-order valence-electron chi connectivity index (χ0n) is 20.1. The van der Waals surface area contributed by atoms with Crippen LogP contribution in [0, 0.1) is 6.92 Å². The monoisotopic (exact) mass is 510 g/mol. The summed E-state index contributed by atoms with van der Waals surface area (Å²) < 4.78 is 0. The van der Waals surface area contributed by atoms with E-state index in [-0.39, 0.29) is 17.1 Å². The summed E-state index contributed by atoms with van der Waals surface area (Å²) >= 11 is 0. The van der Waals surface area contributed by atoms with Crippen molar-refractivity contribution in [1.82, 2.24) is 10.4 Å². The first-order chi connectivity index (χ1) is 18.4. The van der Waals surface area contributed by atoms with Crippen LogP contribution in [0.1, 0.15) is 37.4 Å². The molecule has 0 aliphatic rings. The lowest BCUT2D eigenvalue weighted by Crippen LogP contribution is -2.17. The van der Waals surface area contributed by atoms with Gasteiger partial charge < -0.3 is 10.2 Å². The molecule has 190 valence electrons. The molecule has 0 unspecified atom stereocenters. The number of aliphatic imine (C=N–C) groups is 1. The highest BCUT2D eigenvalue weighted by Crippen LogP contribution is 2.25. The number of carbonyl (C=O) groups excluding carboxylic acids is 1. The van der Waals surface area contributed by atoms with Crippen LogP contribution < -0.4 is 15.2 Å². The van der Waals surface area contributed by atoms with Crippen LogP contribution in [-0.2, 0) is 0 Å². The zero-order chi connectivity index (χ0) is 26.9. The standard InChI is InChI=1S/C28H22N4O6/c1-18-7-10-26(22(12-18)16-30-23-6-2-4-19(13-23)28(35)36)38-37-24-9-8-20(25(33)14-24)17-31-32-27(34)21-5-3-11-29-15-21/h2-17,33H,1H3,(H,32,34)(H,35,36)/b30-16+,31-17+. The van der Waals surface area contributed by atoms with Gasteiger partial charge in [-0.1, -0.05) is 17.7 Å². The highest BCUT2D eigenvalue weighted by Gasteiger charge is 2.09. The Hall–Kier alpha value is -5.51. The summed E-state index contributed by atoms with van der Waals surface area (Å²) in [5.74, 6) is -1.04. The molecule has 4 aromatic rings. The lowest BCUT2D eigenvalue weighted by atomic mass is 10.1. The maximum Gasteiger partial charge on any atom is 0.335 e. The number of phenols is 1. The Bertz CT molecular complexity index is 1520. The molecule has 4 rings (SSSR count). The van der Waals surface area contributed by atoms with E-state index in [0.29, 0.717) is 28.1 Å². The number of carboxylic acids is 1. The van der Waals surface area contributed by atoms with Crippen LogP contribution in [0.5, 0.6) is 17.2 Å². The van der Waals surface area contributed by atoms with E-state index < -0.39 is 11.9 Å². The Balaban J connectivity index is 1.41. The number of phenolic OH excluding ortho intramolecular Hbond substituents is 1. The third-order valence-electron chi connectivity index (χ3n) is 5.13. The zero-order valence-corrected chi connectivity index (χ0v) is 20.1. The number of hydrazone groups is 1. The predicted octanol–water partition coefficient (Wildman–Crippen LogP) is 4.68. The average molecular weight is 511 g/mol. The molecule has 0 bridgehead atoms. The summed E-state index contributed by atoms with van der Waals surface area (Å²) in [6, 6.07) is 19.3. The first kappa shape index (κ1) is 25.6. The molecule has 0 fully saturated rings. The van der Waals surface area contributed by atoms with Crippen LogP contribution in [-0.4, -0.2) is 39.5 Å². The van der Waals surface area contributed by atoms with Crippen LogP contribution in [0.25, 0.3) is 0 Å². The highest BCUT2D eigenvalue weighted by atomic mass is 17.2. The predicted molar refractivity (Wildman–Crippen MR) is 140 cm³/mol. The lowest BCUT2D eigenvalue weighted by molar-refractivity contribution is -0.100. The van der Waals surface area contributed by atoms with Crippen molar-refractivity contribution < 1.29 is 29.6 Å². The smallest absolute Gasteiger partial charge is 0.335 e. The largest absolute Gasteiger partial charge is 0.507 e. The topological polar surface area (TPSA) is 143 Å². The number of benzene rings is 3. The lowest BCUT2D eigenvalue weighted by Gasteiger charge is -2.10. The first-order valence-corrected chi connectivity index (χ1v) is 11.3. The van der Waals surface area contributed by atoms with Crippen molar-refractivity contribution >= 4 is 30.0 Å². The highest BCUT2D eigenvalue weighted by molar-refractivity contribution is 5.94. The average Bonchev–Trinajstić information content (AvgIpc) is 2.93. The molecule has 0 aliphatic heterocycles. The van der Waals surface area contributed by atoms with Gasteiger partial charge in [0.05, 0.1) is 23.0 Å². The summed E-state index contributed by atoms with van der Waals surface area (Å²) in [5.41, 5.74) is 5.21. The summed E-state index contributed by atoms with van der Waals surface area (Å²) in [6.07, 6.45) is 5.81. The Morgan fingerprint density at radius 1 is 0.921 bits per heavy atom. The van der Waals surface area contributed by atoms with Crippen molar-refractivity contribution in [2.24, 2.45) is 10.1 Å². The molecule has 10 nitrogen and oxygen atoms in total. The van der Waals surface area contributed by atoms with Crippen LogP contribution in [0.3, 0.4) is 0 Å². The molecule has 1 amide bonds. The van der Waals surface area contributed by atoms with Crippen molar-refractivity contribution in [2.45, 2.75) is 6.92 Å². The van der Waals surface area contributed by atoms with Gasteiger partial charge in [0.2, 0.25) is 0 Å². The van der Waals surface area contributed by atoms with E-state index in [2.05, 4.69) is 20.5 Å². The minimum absolute atomic E-state index is 0.132. The van der Waals surface area contributed by atoms with Gasteiger partial charge in [-0.25, -0.2) is 10.2 Å². The fourth-order valence-electron chi connectivity index (χ4n) is 3.21. The number of aromatic nitrogens is 1. The second-order valence-corrected chi connectivity index (χ2v) is 7.98. The molecular weight excluding hydrogens is 488 g/mol. The quantitative estimate of drug-likeness (QED) is 0.169. The van der Waals surface area contributed by atoms with Gasteiger partial charge in [-0.2, -0.15) is 5.10 Å². The van der Waals surface area contributed by atoms with Crippen molar-refractivity contribution in [1.29, 1.82) is 0 Å². The molecule has 1 aromatic heterocycles. The Morgan fingerprint density at radius 3 is 2.53 bits per heavy atom. The van der Waals surface area contributed by atoms with Crippen LogP contribution in [0.2, 0.25) is 0 Å². The summed E-state index contributed by atoms with van der Waals surface area (Å²) in [6.45, 7) is 1.91. The Kier molecular flexibility index (Phi) is 8.05. The van der Waals surface area contributed by atoms with E-state index in [0.717, 1.165) is 5.56 Å². The van der Waals surface area contributed by atoms with Gasteiger partial charge in [-0.05, 0) is 61.5 Å². The fourth-order valence-corrected chi connectivity index (χ4v) is 3.21. The van der Waals surface area contributed by atoms with E-state index >= 15 is 0 Å². The Morgan fingerprint density at radius 2 is 1.76 bits per heavy atom. The maximum absolute atomic E-state index is 12.0. The van der Waals surface area contributed by atoms with Gasteiger partial charge >= 0.3 is 5.97 Å². The molecule has 0 spiro atoms. The number of aromatic carboxylic acids is 1. The number of nitrogens with one attached hydrogen (secondary N) is 1. The van der Waals surface area contributed by atoms with Gasteiger partial charge in [0, 0.05) is 35.8 Å². The van der Waals surface area contributed by atoms with Gasteiger partial charge in [0.1, 0.15) is 5.75 Å². The number of hydrogen-bond acceptors (Lipinski definition) is 8. The number of rotatable bonds is 9. The molecule has 10 heteroatoms. The third-order valence-corrected chi connectivity index (χ3v) is 5.13. The third kappa shape index (κ3) is 6.79. The van der Waals surface area contributed by atoms with Crippen molar-refractivity contribution in [3.63, 3.8) is 0 Å². The number of aromatic hydroxyl groups is 1. The SMILES string of the molecule is Cc1ccc(OOc2ccc(/C=N/NC(=O)c3cccnc3)c(O)c2)c(/C=N/c2cccc(C(=O)O)c2)c1. The van der Waals surface area contributed by atoms with E-state index in [4.69, 9.17) is 14.9 Å². The molecule has 3 aromatic carbocycles. The van der Waals surface area contributed by atoms with Gasteiger partial charge in [-0.3, -0.25) is 24.5 Å². The van der Waals surface area contributed by atoms with E-state index in [1.165, 1.54) is 30.6 Å². The molecule has 0 radical (unpaired) electrons. The summed E-state index contributed by atoms with van der Waals surface area (Å²) in [4.78, 5) is 42.3. The Labute approximate surface area is 217 Å². The number of pyridine rings is 1. The second-order valence-electron chi connectivity index (χ2n) is 7.98. The normalized spacial score (nSPS) is 11.0. The molecule has 0 saturated heterocycles. The van der Waals surface area contributed by atoms with Gasteiger partial charge in [0.15, 0.2) is 11.5 Å². The molecular formula is C28H22N4O6. The minimum Gasteiger partial charge on any atom is -0.507 e. The number of carboxylic acid groups (broad SMARTS) is 1. The van der Waals surface area contributed by atoms with Crippen LogP contribution in [0.15, 0.2) is 95.3 Å². The van der Waals surface area contributed by atoms with Crippen LogP contribution in [0.4, 0.5) is 5.69 Å². The number of carbonyl (C=O) groups is 2. The first-order valence-electron chi connectivity index (χ1n) is 11.3. The summed E-state index contributed by atoms with van der Waals surface area (Å²) in [5, 5.41) is 23.3. The molecule has 38 heavy (non-hydrogen) atoms. The molecule has 3 N–H and O–H groups in total. The maximum atomic E-state index is 12.0. The molecule has 1 heterocycles. The van der Waals surface area contributed by atoms with Crippen LogP contribution >= 0.6 is 0 Å². The van der Waals surface area contributed by atoms with Gasteiger partial charge in [0.25, 0.3) is 5.91 Å². The second kappa shape index (κ2) is 12.0. The molecule has 0 saturated carbocycles. The number of aryl methyl sites for hydroxylation is 1. The van der Waals surface area contributed by atoms with Gasteiger partial charge in [-0.15, -0.1) is 0 Å². The molecule has 0 atom stereocenters. The van der Waals surface area contributed by atoms with Crippen molar-refractivity contribution in [3.05, 3.63) is 113 Å². The minimum atomic E-state index is -1.04.